The third-order valence-corrected chi connectivity index (χ3v) is 2.78. The van der Waals surface area contributed by atoms with Crippen LogP contribution in [0.15, 0.2) is 12.2 Å². The number of unbranched alkanes of at least 4 members (excludes halogenated alkanes) is 3. The highest BCUT2D eigenvalue weighted by Gasteiger charge is 2.07. The second-order valence-electron chi connectivity index (χ2n) is 5.09. The van der Waals surface area contributed by atoms with Crippen LogP contribution in [-0.4, -0.2) is 12.6 Å². The van der Waals surface area contributed by atoms with Crippen LogP contribution >= 0.6 is 0 Å². The van der Waals surface area contributed by atoms with E-state index in [9.17, 15) is 4.79 Å². The topological polar surface area (TPSA) is 26.3 Å². The van der Waals surface area contributed by atoms with Gasteiger partial charge in [0.15, 0.2) is 0 Å². The van der Waals surface area contributed by atoms with Gasteiger partial charge in [0.1, 0.15) is 0 Å². The molecule has 0 aromatic heterocycles. The van der Waals surface area contributed by atoms with Crippen LogP contribution in [0.1, 0.15) is 65.7 Å². The van der Waals surface area contributed by atoms with E-state index in [-0.39, 0.29) is 5.97 Å². The molecule has 0 radical (unpaired) electrons. The van der Waals surface area contributed by atoms with Gasteiger partial charge < -0.3 is 4.74 Å². The molecular weight excluding hydrogens is 212 g/mol. The van der Waals surface area contributed by atoms with Crippen LogP contribution in [0.4, 0.5) is 0 Å². The number of carbonyl (C=O) groups is 1. The quantitative estimate of drug-likeness (QED) is 0.319. The lowest BCUT2D eigenvalue weighted by Gasteiger charge is -2.07. The van der Waals surface area contributed by atoms with Crippen LogP contribution in [-0.2, 0) is 9.53 Å². The minimum atomic E-state index is -0.206. The average molecular weight is 240 g/mol. The maximum absolute atomic E-state index is 11.5. The average Bonchev–Trinajstić information content (AvgIpc) is 2.28. The Morgan fingerprint density at radius 2 is 1.88 bits per heavy atom. The molecule has 0 unspecified atom stereocenters. The predicted molar refractivity (Wildman–Crippen MR) is 72.9 cm³/mol. The van der Waals surface area contributed by atoms with Gasteiger partial charge in [-0.25, -0.2) is 4.79 Å². The fourth-order valence-corrected chi connectivity index (χ4v) is 1.58. The SMILES string of the molecule is C=C(CCCCCC(C)C)C(=O)OCCCC. The van der Waals surface area contributed by atoms with Crippen molar-refractivity contribution in [3.8, 4) is 0 Å². The third-order valence-electron chi connectivity index (χ3n) is 2.78. The van der Waals surface area contributed by atoms with Crippen molar-refractivity contribution in [2.24, 2.45) is 5.92 Å². The zero-order valence-electron chi connectivity index (χ0n) is 11.8. The highest BCUT2D eigenvalue weighted by atomic mass is 16.5. The van der Waals surface area contributed by atoms with Crippen LogP contribution in [0.3, 0.4) is 0 Å². The van der Waals surface area contributed by atoms with Gasteiger partial charge in [-0.2, -0.15) is 0 Å². The van der Waals surface area contributed by atoms with E-state index in [1.165, 1.54) is 19.3 Å². The minimum Gasteiger partial charge on any atom is -0.462 e. The molecule has 0 N–H and O–H groups in total. The first-order valence-corrected chi connectivity index (χ1v) is 6.92. The van der Waals surface area contributed by atoms with Gasteiger partial charge in [-0.05, 0) is 25.2 Å². The number of carbonyl (C=O) groups excluding carboxylic acids is 1. The van der Waals surface area contributed by atoms with Crippen molar-refractivity contribution in [3.05, 3.63) is 12.2 Å². The maximum Gasteiger partial charge on any atom is 0.333 e. The summed E-state index contributed by atoms with van der Waals surface area (Å²) in [7, 11) is 0. The van der Waals surface area contributed by atoms with Gasteiger partial charge >= 0.3 is 5.97 Å². The van der Waals surface area contributed by atoms with Crippen molar-refractivity contribution in [1.29, 1.82) is 0 Å². The van der Waals surface area contributed by atoms with E-state index in [2.05, 4.69) is 27.4 Å². The van der Waals surface area contributed by atoms with Crippen molar-refractivity contribution in [2.45, 2.75) is 65.7 Å². The molecular formula is C15H28O2. The second-order valence-corrected chi connectivity index (χ2v) is 5.09. The second kappa shape index (κ2) is 10.4. The molecule has 0 saturated heterocycles. The molecule has 0 aromatic rings. The first-order chi connectivity index (χ1) is 8.07. The molecule has 0 aromatic carbocycles. The van der Waals surface area contributed by atoms with E-state index < -0.39 is 0 Å². The van der Waals surface area contributed by atoms with Crippen molar-refractivity contribution >= 4 is 5.97 Å². The standard InChI is InChI=1S/C15H28O2/c1-5-6-12-17-15(16)14(4)11-9-7-8-10-13(2)3/h13H,4-12H2,1-3H3. The maximum atomic E-state index is 11.5. The smallest absolute Gasteiger partial charge is 0.333 e. The lowest BCUT2D eigenvalue weighted by Crippen LogP contribution is -2.08. The van der Waals surface area contributed by atoms with Crippen LogP contribution in [0.25, 0.3) is 0 Å². The van der Waals surface area contributed by atoms with Gasteiger partial charge in [0, 0.05) is 5.57 Å². The predicted octanol–water partition coefficient (Wildman–Crippen LogP) is 4.49. The summed E-state index contributed by atoms with van der Waals surface area (Å²) < 4.78 is 5.10. The van der Waals surface area contributed by atoms with E-state index in [1.54, 1.807) is 0 Å². The Hall–Kier alpha value is -0.790. The first-order valence-electron chi connectivity index (χ1n) is 6.92. The molecule has 0 aliphatic carbocycles. The van der Waals surface area contributed by atoms with Gasteiger partial charge in [0.05, 0.1) is 6.61 Å². The van der Waals surface area contributed by atoms with E-state index >= 15 is 0 Å². The molecule has 0 atom stereocenters. The van der Waals surface area contributed by atoms with Gasteiger partial charge in [0.25, 0.3) is 0 Å². The highest BCUT2D eigenvalue weighted by molar-refractivity contribution is 5.87. The lowest BCUT2D eigenvalue weighted by atomic mass is 10.0. The molecule has 0 amide bonds. The molecule has 0 heterocycles. The number of ether oxygens (including phenoxy) is 1. The third kappa shape index (κ3) is 10.1. The van der Waals surface area contributed by atoms with E-state index in [0.29, 0.717) is 12.2 Å². The summed E-state index contributed by atoms with van der Waals surface area (Å²) in [6.07, 6.45) is 7.52. The lowest BCUT2D eigenvalue weighted by molar-refractivity contribution is -0.139. The molecule has 0 bridgehead atoms. The van der Waals surface area contributed by atoms with Gasteiger partial charge in [-0.15, -0.1) is 0 Å². The molecule has 100 valence electrons. The number of hydrogen-bond acceptors (Lipinski definition) is 2. The zero-order chi connectivity index (χ0) is 13.1. The van der Waals surface area contributed by atoms with Crippen molar-refractivity contribution in [3.63, 3.8) is 0 Å². The number of rotatable bonds is 10. The Bertz CT molecular complexity index is 219. The summed E-state index contributed by atoms with van der Waals surface area (Å²) in [6.45, 7) is 10.9. The molecule has 17 heavy (non-hydrogen) atoms. The van der Waals surface area contributed by atoms with E-state index in [0.717, 1.165) is 31.6 Å². The van der Waals surface area contributed by atoms with Crippen molar-refractivity contribution in [1.82, 2.24) is 0 Å². The zero-order valence-corrected chi connectivity index (χ0v) is 11.8. The monoisotopic (exact) mass is 240 g/mol. The van der Waals surface area contributed by atoms with Crippen LogP contribution in [0.2, 0.25) is 0 Å². The van der Waals surface area contributed by atoms with Gasteiger partial charge in [0.2, 0.25) is 0 Å². The Labute approximate surface area is 106 Å². The van der Waals surface area contributed by atoms with Crippen molar-refractivity contribution < 1.29 is 9.53 Å². The van der Waals surface area contributed by atoms with Crippen molar-refractivity contribution in [2.75, 3.05) is 6.61 Å². The van der Waals surface area contributed by atoms with E-state index in [4.69, 9.17) is 4.74 Å². The Kier molecular flexibility index (Phi) is 9.89. The van der Waals surface area contributed by atoms with Crippen LogP contribution < -0.4 is 0 Å². The summed E-state index contributed by atoms with van der Waals surface area (Å²) in [6, 6.07) is 0. The Morgan fingerprint density at radius 3 is 2.47 bits per heavy atom. The number of esters is 1. The molecule has 0 rings (SSSR count). The molecule has 2 nitrogen and oxygen atoms in total. The molecule has 0 aliphatic rings. The summed E-state index contributed by atoms with van der Waals surface area (Å²) in [5.41, 5.74) is 0.630. The molecule has 2 heteroatoms. The summed E-state index contributed by atoms with van der Waals surface area (Å²) >= 11 is 0. The van der Waals surface area contributed by atoms with E-state index in [1.807, 2.05) is 0 Å². The first kappa shape index (κ1) is 16.2. The van der Waals surface area contributed by atoms with Crippen LogP contribution in [0, 0.1) is 5.92 Å². The Balaban J connectivity index is 3.47. The molecule has 0 fully saturated rings. The summed E-state index contributed by atoms with van der Waals surface area (Å²) in [5, 5.41) is 0. The Morgan fingerprint density at radius 1 is 1.18 bits per heavy atom. The van der Waals surface area contributed by atoms with Crippen LogP contribution in [0.5, 0.6) is 0 Å². The fourth-order valence-electron chi connectivity index (χ4n) is 1.58. The molecule has 0 spiro atoms. The minimum absolute atomic E-state index is 0.206. The fraction of sp³-hybridized carbons (Fsp3) is 0.800. The largest absolute Gasteiger partial charge is 0.462 e. The summed E-state index contributed by atoms with van der Waals surface area (Å²) in [5.74, 6) is 0.569. The molecule has 0 saturated carbocycles. The van der Waals surface area contributed by atoms with Gasteiger partial charge in [-0.1, -0.05) is 53.0 Å². The normalized spacial score (nSPS) is 10.6. The summed E-state index contributed by atoms with van der Waals surface area (Å²) in [4.78, 5) is 11.5. The molecule has 0 aliphatic heterocycles. The number of hydrogen-bond donors (Lipinski definition) is 0. The van der Waals surface area contributed by atoms with Gasteiger partial charge in [-0.3, -0.25) is 0 Å². The highest BCUT2D eigenvalue weighted by Crippen LogP contribution is 2.13.